The minimum atomic E-state index is -5.09. The molecule has 2 atom stereocenters. The number of ether oxygens (including phenoxy) is 1. The molecule has 1 fully saturated rings. The molecule has 170 valence electrons. The lowest BCUT2D eigenvalue weighted by atomic mass is 10.0. The Kier molecular flexibility index (Phi) is 13.0. The fraction of sp³-hybridized carbons (Fsp3) is 0.905. The second-order valence-electron chi connectivity index (χ2n) is 7.91. The first-order valence-electron chi connectivity index (χ1n) is 11.1. The minimum absolute atomic E-state index is 0.116. The monoisotopic (exact) mass is 422 g/mol. The molecule has 1 unspecified atom stereocenters. The van der Waals surface area contributed by atoms with Gasteiger partial charge >= 0.3 is 12.1 Å². The molecule has 1 heterocycles. The van der Waals surface area contributed by atoms with Crippen LogP contribution in [-0.2, 0) is 14.3 Å². The van der Waals surface area contributed by atoms with Crippen molar-refractivity contribution < 1.29 is 27.5 Å². The van der Waals surface area contributed by atoms with E-state index in [0.717, 1.165) is 32.2 Å². The number of amides is 1. The molecular weight excluding hydrogens is 385 g/mol. The molecule has 0 bridgehead atoms. The van der Waals surface area contributed by atoms with Crippen LogP contribution in [0.3, 0.4) is 0 Å². The normalized spacial score (nSPS) is 17.9. The summed E-state index contributed by atoms with van der Waals surface area (Å²) in [5.41, 5.74) is 0. The molecule has 1 aliphatic rings. The van der Waals surface area contributed by atoms with Gasteiger partial charge in [-0.2, -0.15) is 13.2 Å². The minimum Gasteiger partial charge on any atom is -0.446 e. The maximum absolute atomic E-state index is 12.5. The van der Waals surface area contributed by atoms with Crippen LogP contribution in [0.1, 0.15) is 90.4 Å². The molecule has 8 heteroatoms. The molecule has 0 aromatic carbocycles. The Hall–Kier alpha value is -1.31. The van der Waals surface area contributed by atoms with Crippen molar-refractivity contribution in [2.24, 2.45) is 0 Å². The van der Waals surface area contributed by atoms with Gasteiger partial charge in [-0.05, 0) is 25.8 Å². The zero-order valence-corrected chi connectivity index (χ0v) is 17.6. The van der Waals surface area contributed by atoms with E-state index in [1.54, 1.807) is 0 Å². The van der Waals surface area contributed by atoms with Crippen LogP contribution in [0.5, 0.6) is 0 Å². The lowest BCUT2D eigenvalue weighted by Gasteiger charge is -2.20. The number of nitrogens with one attached hydrogen (secondary N) is 2. The largest absolute Gasteiger partial charge is 0.490 e. The van der Waals surface area contributed by atoms with Gasteiger partial charge in [0.25, 0.3) is 5.91 Å². The van der Waals surface area contributed by atoms with Crippen LogP contribution in [-0.4, -0.2) is 43.3 Å². The van der Waals surface area contributed by atoms with Crippen LogP contribution in [0.15, 0.2) is 0 Å². The van der Waals surface area contributed by atoms with Gasteiger partial charge in [-0.15, -0.1) is 0 Å². The van der Waals surface area contributed by atoms with E-state index < -0.39 is 24.2 Å². The predicted molar refractivity (Wildman–Crippen MR) is 106 cm³/mol. The molecule has 29 heavy (non-hydrogen) atoms. The van der Waals surface area contributed by atoms with Gasteiger partial charge in [0.2, 0.25) is 0 Å². The van der Waals surface area contributed by atoms with E-state index in [9.17, 15) is 22.8 Å². The standard InChI is InChI=1S/C21H37F3N2O3/c1-2-3-4-5-6-7-8-9-10-11-12-13-18(29-20(28)21(22,23)24)19(27)26-17-14-15-25-16-17/h17-18,25H,2-16H2,1H3,(H,26,27)/t17-,18?/m0/s1. The van der Waals surface area contributed by atoms with Gasteiger partial charge in [-0.3, -0.25) is 4.79 Å². The molecule has 0 radical (unpaired) electrons. The predicted octanol–water partition coefficient (Wildman–Crippen LogP) is 4.64. The Morgan fingerprint density at radius 3 is 2.03 bits per heavy atom. The SMILES string of the molecule is CCCCCCCCCCCCCC(OC(=O)C(F)(F)F)C(=O)N[C@H]1CCNC1. The first kappa shape index (κ1) is 25.7. The lowest BCUT2D eigenvalue weighted by molar-refractivity contribution is -0.205. The summed E-state index contributed by atoms with van der Waals surface area (Å²) in [5.74, 6) is -2.94. The van der Waals surface area contributed by atoms with E-state index in [1.165, 1.54) is 38.5 Å². The average molecular weight is 423 g/mol. The highest BCUT2D eigenvalue weighted by Gasteiger charge is 2.43. The number of unbranched alkanes of at least 4 members (excludes halogenated alkanes) is 10. The number of hydrogen-bond donors (Lipinski definition) is 2. The zero-order valence-electron chi connectivity index (χ0n) is 17.6. The second kappa shape index (κ2) is 14.6. The van der Waals surface area contributed by atoms with Gasteiger partial charge in [0.15, 0.2) is 6.10 Å². The summed E-state index contributed by atoms with van der Waals surface area (Å²) in [5, 5.41) is 5.75. The van der Waals surface area contributed by atoms with Crippen molar-refractivity contribution >= 4 is 11.9 Å². The van der Waals surface area contributed by atoms with Crippen molar-refractivity contribution in [2.45, 2.75) is 109 Å². The molecule has 1 saturated heterocycles. The molecule has 0 saturated carbocycles. The molecule has 0 aliphatic carbocycles. The summed E-state index contributed by atoms with van der Waals surface area (Å²) in [7, 11) is 0. The van der Waals surface area contributed by atoms with Gasteiger partial charge in [-0.1, -0.05) is 71.1 Å². The summed E-state index contributed by atoms with van der Waals surface area (Å²) in [6.07, 6.45) is 6.54. The van der Waals surface area contributed by atoms with Gasteiger partial charge in [-0.25, -0.2) is 4.79 Å². The summed E-state index contributed by atoms with van der Waals surface area (Å²) in [6.45, 7) is 3.52. The molecular formula is C21H37F3N2O3. The second-order valence-corrected chi connectivity index (χ2v) is 7.91. The molecule has 0 spiro atoms. The summed E-state index contributed by atoms with van der Waals surface area (Å²) < 4.78 is 42.0. The first-order chi connectivity index (χ1) is 13.8. The number of alkyl halides is 3. The molecule has 1 amide bonds. The summed E-state index contributed by atoms with van der Waals surface area (Å²) in [4.78, 5) is 23.5. The highest BCUT2D eigenvalue weighted by molar-refractivity contribution is 5.85. The van der Waals surface area contributed by atoms with E-state index in [0.29, 0.717) is 19.4 Å². The number of carbonyl (C=O) groups excluding carboxylic acids is 2. The van der Waals surface area contributed by atoms with Crippen molar-refractivity contribution in [1.82, 2.24) is 10.6 Å². The van der Waals surface area contributed by atoms with Crippen molar-refractivity contribution in [3.8, 4) is 0 Å². The number of rotatable bonds is 15. The van der Waals surface area contributed by atoms with E-state index in [-0.39, 0.29) is 12.5 Å². The van der Waals surface area contributed by atoms with Crippen molar-refractivity contribution in [2.75, 3.05) is 13.1 Å². The van der Waals surface area contributed by atoms with Gasteiger partial charge in [0.05, 0.1) is 0 Å². The molecule has 0 aromatic rings. The summed E-state index contributed by atoms with van der Waals surface area (Å²) in [6, 6.07) is -0.132. The number of carbonyl (C=O) groups is 2. The average Bonchev–Trinajstić information content (AvgIpc) is 3.17. The van der Waals surface area contributed by atoms with Crippen molar-refractivity contribution in [3.63, 3.8) is 0 Å². The maximum Gasteiger partial charge on any atom is 0.490 e. The molecule has 0 aromatic heterocycles. The Labute approximate surface area is 172 Å². The zero-order chi connectivity index (χ0) is 21.5. The third-order valence-corrected chi connectivity index (χ3v) is 5.25. The first-order valence-corrected chi connectivity index (χ1v) is 11.1. The van der Waals surface area contributed by atoms with Crippen LogP contribution in [0.2, 0.25) is 0 Å². The van der Waals surface area contributed by atoms with Crippen LogP contribution >= 0.6 is 0 Å². The van der Waals surface area contributed by atoms with E-state index in [4.69, 9.17) is 0 Å². The number of halogens is 3. The topological polar surface area (TPSA) is 67.4 Å². The molecule has 1 aliphatic heterocycles. The summed E-state index contributed by atoms with van der Waals surface area (Å²) >= 11 is 0. The fourth-order valence-electron chi connectivity index (χ4n) is 3.51. The Morgan fingerprint density at radius 2 is 1.55 bits per heavy atom. The van der Waals surface area contributed by atoms with Crippen molar-refractivity contribution in [3.05, 3.63) is 0 Å². The van der Waals surface area contributed by atoms with Gasteiger partial charge < -0.3 is 15.4 Å². The van der Waals surface area contributed by atoms with Gasteiger partial charge in [0, 0.05) is 12.6 Å². The smallest absolute Gasteiger partial charge is 0.446 e. The quantitative estimate of drug-likeness (QED) is 0.298. The highest BCUT2D eigenvalue weighted by Crippen LogP contribution is 2.20. The van der Waals surface area contributed by atoms with Crippen LogP contribution in [0.25, 0.3) is 0 Å². The Balaban J connectivity index is 2.26. The van der Waals surface area contributed by atoms with E-state index in [2.05, 4.69) is 22.3 Å². The van der Waals surface area contributed by atoms with Gasteiger partial charge in [0.1, 0.15) is 0 Å². The van der Waals surface area contributed by atoms with Crippen LogP contribution in [0, 0.1) is 0 Å². The van der Waals surface area contributed by atoms with Crippen LogP contribution in [0.4, 0.5) is 13.2 Å². The van der Waals surface area contributed by atoms with Crippen LogP contribution < -0.4 is 10.6 Å². The number of esters is 1. The third-order valence-electron chi connectivity index (χ3n) is 5.25. The molecule has 1 rings (SSSR count). The third kappa shape index (κ3) is 12.1. The van der Waals surface area contributed by atoms with Crippen molar-refractivity contribution in [1.29, 1.82) is 0 Å². The highest BCUT2D eigenvalue weighted by atomic mass is 19.4. The van der Waals surface area contributed by atoms with E-state index in [1.807, 2.05) is 0 Å². The fourth-order valence-corrected chi connectivity index (χ4v) is 3.51. The lowest BCUT2D eigenvalue weighted by Crippen LogP contribution is -2.45. The molecule has 2 N–H and O–H groups in total. The van der Waals surface area contributed by atoms with E-state index >= 15 is 0 Å². The Bertz CT molecular complexity index is 467. The number of hydrogen-bond acceptors (Lipinski definition) is 4. The Morgan fingerprint density at radius 1 is 1.00 bits per heavy atom. The maximum atomic E-state index is 12.5. The molecule has 5 nitrogen and oxygen atoms in total.